The van der Waals surface area contributed by atoms with E-state index in [1.807, 2.05) is 0 Å². The van der Waals surface area contributed by atoms with Crippen LogP contribution in [0.25, 0.3) is 0 Å². The summed E-state index contributed by atoms with van der Waals surface area (Å²) in [6.07, 6.45) is 18.7. The zero-order valence-corrected chi connectivity index (χ0v) is 15.9. The predicted molar refractivity (Wildman–Crippen MR) is 101 cm³/mol. The van der Waals surface area contributed by atoms with Gasteiger partial charge in [0, 0.05) is 0 Å². The fourth-order valence-corrected chi connectivity index (χ4v) is 4.31. The fraction of sp³-hybridized carbons (Fsp3) is 0.818. The second-order valence-corrected chi connectivity index (χ2v) is 8.05. The Morgan fingerprint density at radius 2 is 1.64 bits per heavy atom. The maximum atomic E-state index is 12.3. The van der Waals surface area contributed by atoms with E-state index >= 15 is 0 Å². The molecule has 0 radical (unpaired) electrons. The van der Waals surface area contributed by atoms with E-state index in [1.165, 1.54) is 51.0 Å². The van der Waals surface area contributed by atoms with Crippen molar-refractivity contribution in [3.8, 4) is 0 Å². The van der Waals surface area contributed by atoms with Crippen molar-refractivity contribution in [3.05, 3.63) is 24.3 Å². The Morgan fingerprint density at radius 3 is 2.24 bits per heavy atom. The van der Waals surface area contributed by atoms with Gasteiger partial charge in [0.2, 0.25) is 0 Å². The molecule has 0 aromatic heterocycles. The summed E-state index contributed by atoms with van der Waals surface area (Å²) < 4.78 is 30.6. The van der Waals surface area contributed by atoms with E-state index < -0.39 is 6.08 Å². The van der Waals surface area contributed by atoms with Crippen LogP contribution >= 0.6 is 0 Å². The maximum Gasteiger partial charge on any atom is 0.266 e. The molecule has 1 heterocycles. The molecular formula is C22H36F2O. The third kappa shape index (κ3) is 8.48. The zero-order chi connectivity index (χ0) is 17.9. The van der Waals surface area contributed by atoms with Gasteiger partial charge in [-0.3, -0.25) is 0 Å². The predicted octanol–water partition coefficient (Wildman–Crippen LogP) is 7.29. The highest BCUT2D eigenvalue weighted by Gasteiger charge is 2.22. The molecule has 0 amide bonds. The van der Waals surface area contributed by atoms with Gasteiger partial charge in [0.1, 0.15) is 0 Å². The fourth-order valence-electron chi connectivity index (χ4n) is 4.31. The lowest BCUT2D eigenvalue weighted by Gasteiger charge is -2.28. The molecule has 25 heavy (non-hydrogen) atoms. The van der Waals surface area contributed by atoms with Gasteiger partial charge in [-0.1, -0.05) is 44.8 Å². The maximum absolute atomic E-state index is 12.3. The van der Waals surface area contributed by atoms with Crippen LogP contribution in [0, 0.1) is 17.8 Å². The molecule has 1 aliphatic heterocycles. The van der Waals surface area contributed by atoms with Crippen molar-refractivity contribution in [2.45, 2.75) is 90.1 Å². The number of allylic oxidation sites excluding steroid dienone is 2. The molecule has 1 aliphatic carbocycles. The number of ether oxygens (including phenoxy) is 1. The third-order valence-corrected chi connectivity index (χ3v) is 5.94. The van der Waals surface area contributed by atoms with E-state index in [2.05, 4.69) is 19.1 Å². The van der Waals surface area contributed by atoms with E-state index in [0.717, 1.165) is 50.5 Å². The molecule has 2 unspecified atom stereocenters. The van der Waals surface area contributed by atoms with Crippen LogP contribution in [0.4, 0.5) is 8.78 Å². The molecule has 1 nitrogen and oxygen atoms in total. The van der Waals surface area contributed by atoms with Crippen LogP contribution in [-0.2, 0) is 4.74 Å². The van der Waals surface area contributed by atoms with Gasteiger partial charge in [-0.25, -0.2) is 0 Å². The number of hydrogen-bond donors (Lipinski definition) is 0. The van der Waals surface area contributed by atoms with Gasteiger partial charge >= 0.3 is 0 Å². The Hall–Kier alpha value is -0.700. The summed E-state index contributed by atoms with van der Waals surface area (Å²) in [7, 11) is 0. The minimum absolute atomic E-state index is 0.125. The van der Waals surface area contributed by atoms with Gasteiger partial charge in [-0.15, -0.1) is 0 Å². The Balaban J connectivity index is 1.50. The molecule has 0 aromatic carbocycles. The van der Waals surface area contributed by atoms with Crippen molar-refractivity contribution in [2.75, 3.05) is 6.61 Å². The number of halogens is 2. The van der Waals surface area contributed by atoms with Gasteiger partial charge in [0.05, 0.1) is 12.7 Å². The van der Waals surface area contributed by atoms with Crippen molar-refractivity contribution in [3.63, 3.8) is 0 Å². The zero-order valence-electron chi connectivity index (χ0n) is 15.9. The van der Waals surface area contributed by atoms with E-state index in [0.29, 0.717) is 6.10 Å². The van der Waals surface area contributed by atoms with Crippen molar-refractivity contribution in [1.29, 1.82) is 0 Å². The first kappa shape index (κ1) is 20.6. The standard InChI is InChI=1S/C22H36F2O/c1-2-3-4-9-21-15-14-20(17-25-21)8-6-5-7-18-10-12-19(13-11-18)16-22(23)24/h4,9,16,18-21H,2-3,5-8,10-15,17H2,1H3/b9-4+. The molecule has 1 saturated heterocycles. The molecule has 0 spiro atoms. The van der Waals surface area contributed by atoms with Crippen LogP contribution in [0.1, 0.15) is 84.0 Å². The topological polar surface area (TPSA) is 9.23 Å². The Labute approximate surface area is 152 Å². The van der Waals surface area contributed by atoms with Gasteiger partial charge in [0.25, 0.3) is 6.08 Å². The highest BCUT2D eigenvalue weighted by Crippen LogP contribution is 2.34. The molecule has 2 fully saturated rings. The molecule has 3 heteroatoms. The van der Waals surface area contributed by atoms with E-state index in [-0.39, 0.29) is 5.92 Å². The molecule has 2 aliphatic rings. The molecule has 0 bridgehead atoms. The number of rotatable bonds is 9. The van der Waals surface area contributed by atoms with E-state index in [4.69, 9.17) is 4.74 Å². The van der Waals surface area contributed by atoms with Gasteiger partial charge in [-0.05, 0) is 75.2 Å². The van der Waals surface area contributed by atoms with Crippen molar-refractivity contribution < 1.29 is 13.5 Å². The van der Waals surface area contributed by atoms with Crippen molar-refractivity contribution in [2.24, 2.45) is 17.8 Å². The second-order valence-electron chi connectivity index (χ2n) is 8.05. The first-order chi connectivity index (χ1) is 12.2. The lowest BCUT2D eigenvalue weighted by molar-refractivity contribution is 0.00762. The van der Waals surface area contributed by atoms with Crippen LogP contribution in [-0.4, -0.2) is 12.7 Å². The molecule has 0 N–H and O–H groups in total. The number of hydrogen-bond acceptors (Lipinski definition) is 1. The summed E-state index contributed by atoms with van der Waals surface area (Å²) in [6, 6.07) is 0. The average molecular weight is 355 g/mol. The van der Waals surface area contributed by atoms with E-state index in [1.54, 1.807) is 0 Å². The van der Waals surface area contributed by atoms with Crippen LogP contribution < -0.4 is 0 Å². The minimum atomic E-state index is -1.50. The summed E-state index contributed by atoms with van der Waals surface area (Å²) in [5.74, 6) is 1.63. The Bertz CT molecular complexity index is 398. The highest BCUT2D eigenvalue weighted by molar-refractivity contribution is 4.92. The van der Waals surface area contributed by atoms with Crippen LogP contribution in [0.3, 0.4) is 0 Å². The van der Waals surface area contributed by atoms with Crippen molar-refractivity contribution in [1.82, 2.24) is 0 Å². The SMILES string of the molecule is CCC/C=C/C1CCC(CCCCC2CCC(C=C(F)F)CC2)CO1. The lowest BCUT2D eigenvalue weighted by atomic mass is 9.79. The largest absolute Gasteiger partial charge is 0.374 e. The average Bonchev–Trinajstić information content (AvgIpc) is 2.61. The number of unbranched alkanes of at least 4 members (excludes halogenated alkanes) is 2. The van der Waals surface area contributed by atoms with Crippen LogP contribution in [0.15, 0.2) is 24.3 Å². The molecule has 0 aromatic rings. The highest BCUT2D eigenvalue weighted by atomic mass is 19.3. The van der Waals surface area contributed by atoms with Crippen molar-refractivity contribution >= 4 is 0 Å². The summed E-state index contributed by atoms with van der Waals surface area (Å²) in [5, 5.41) is 0. The smallest absolute Gasteiger partial charge is 0.266 e. The molecule has 144 valence electrons. The quantitative estimate of drug-likeness (QED) is 0.312. The Morgan fingerprint density at radius 1 is 0.960 bits per heavy atom. The summed E-state index contributed by atoms with van der Waals surface area (Å²) in [4.78, 5) is 0. The van der Waals surface area contributed by atoms with Gasteiger partial charge < -0.3 is 4.74 Å². The van der Waals surface area contributed by atoms with Crippen LogP contribution in [0.5, 0.6) is 0 Å². The van der Waals surface area contributed by atoms with Crippen LogP contribution in [0.2, 0.25) is 0 Å². The first-order valence-corrected chi connectivity index (χ1v) is 10.5. The lowest BCUT2D eigenvalue weighted by Crippen LogP contribution is -2.24. The third-order valence-electron chi connectivity index (χ3n) is 5.94. The first-order valence-electron chi connectivity index (χ1n) is 10.5. The monoisotopic (exact) mass is 354 g/mol. The normalized spacial score (nSPS) is 30.5. The second kappa shape index (κ2) is 11.8. The summed E-state index contributed by atoms with van der Waals surface area (Å²) in [6.45, 7) is 3.13. The molecular weight excluding hydrogens is 318 g/mol. The molecule has 1 saturated carbocycles. The van der Waals surface area contributed by atoms with E-state index in [9.17, 15) is 8.78 Å². The van der Waals surface area contributed by atoms with Gasteiger partial charge in [-0.2, -0.15) is 8.78 Å². The summed E-state index contributed by atoms with van der Waals surface area (Å²) in [5.41, 5.74) is 0. The van der Waals surface area contributed by atoms with Gasteiger partial charge in [0.15, 0.2) is 0 Å². The molecule has 2 rings (SSSR count). The molecule has 2 atom stereocenters. The summed E-state index contributed by atoms with van der Waals surface area (Å²) >= 11 is 0. The minimum Gasteiger partial charge on any atom is -0.374 e. The Kier molecular flexibility index (Phi) is 9.75.